The number of anilines is 1. The van der Waals surface area contributed by atoms with Gasteiger partial charge in [-0.3, -0.25) is 4.79 Å². The van der Waals surface area contributed by atoms with Crippen molar-refractivity contribution in [1.29, 1.82) is 5.26 Å². The molecule has 0 aromatic heterocycles. The van der Waals surface area contributed by atoms with E-state index in [2.05, 4.69) is 16.3 Å². The first-order chi connectivity index (χ1) is 10.0. The molecule has 1 aromatic carbocycles. The summed E-state index contributed by atoms with van der Waals surface area (Å²) in [4.78, 5) is 24.0. The summed E-state index contributed by atoms with van der Waals surface area (Å²) < 4.78 is 0. The van der Waals surface area contributed by atoms with Crippen molar-refractivity contribution in [3.63, 3.8) is 0 Å². The van der Waals surface area contributed by atoms with Gasteiger partial charge in [0.2, 0.25) is 5.91 Å². The zero-order chi connectivity index (χ0) is 15.4. The third-order valence-electron chi connectivity index (χ3n) is 3.61. The van der Waals surface area contributed by atoms with Crippen LogP contribution in [0.1, 0.15) is 35.7 Å². The molecule has 0 spiro atoms. The molecule has 1 aromatic rings. The molecule has 1 saturated heterocycles. The lowest BCUT2D eigenvalue weighted by Crippen LogP contribution is -2.44. The van der Waals surface area contributed by atoms with E-state index >= 15 is 0 Å². The number of aromatic carboxylic acids is 1. The van der Waals surface area contributed by atoms with Crippen LogP contribution in [-0.2, 0) is 4.79 Å². The predicted octanol–water partition coefficient (Wildman–Crippen LogP) is 1.36. The third-order valence-corrected chi connectivity index (χ3v) is 3.61. The van der Waals surface area contributed by atoms with Crippen LogP contribution in [0.15, 0.2) is 18.2 Å². The molecule has 0 radical (unpaired) electrons. The van der Waals surface area contributed by atoms with Crippen LogP contribution in [0.5, 0.6) is 0 Å². The number of carboxylic acid groups (broad SMARTS) is 1. The minimum Gasteiger partial charge on any atom is -0.478 e. The van der Waals surface area contributed by atoms with Gasteiger partial charge >= 0.3 is 5.97 Å². The zero-order valence-electron chi connectivity index (χ0n) is 11.8. The van der Waals surface area contributed by atoms with Crippen molar-refractivity contribution in [3.8, 4) is 6.07 Å². The summed E-state index contributed by atoms with van der Waals surface area (Å²) in [5.74, 6) is -1.07. The van der Waals surface area contributed by atoms with E-state index in [1.165, 1.54) is 19.1 Å². The number of hydrogen-bond donors (Lipinski definition) is 2. The van der Waals surface area contributed by atoms with Crippen molar-refractivity contribution in [1.82, 2.24) is 5.32 Å². The molecule has 0 unspecified atom stereocenters. The molecule has 0 aliphatic carbocycles. The van der Waals surface area contributed by atoms with Gasteiger partial charge < -0.3 is 15.3 Å². The zero-order valence-corrected chi connectivity index (χ0v) is 11.8. The molecular formula is C15H17N3O3. The molecule has 6 heteroatoms. The summed E-state index contributed by atoms with van der Waals surface area (Å²) in [6.45, 7) is 2.96. The molecule has 1 fully saturated rings. The van der Waals surface area contributed by atoms with Gasteiger partial charge in [0.1, 0.15) is 6.07 Å². The van der Waals surface area contributed by atoms with Crippen molar-refractivity contribution in [2.75, 3.05) is 18.0 Å². The highest BCUT2D eigenvalue weighted by molar-refractivity contribution is 5.89. The number of benzene rings is 1. The Morgan fingerprint density at radius 2 is 2.05 bits per heavy atom. The number of carboxylic acids is 1. The third kappa shape index (κ3) is 3.51. The molecule has 2 N–H and O–H groups in total. The fraction of sp³-hybridized carbons (Fsp3) is 0.400. The minimum absolute atomic E-state index is 0.0306. The molecule has 21 heavy (non-hydrogen) atoms. The average Bonchev–Trinajstić information content (AvgIpc) is 2.46. The lowest BCUT2D eigenvalue weighted by atomic mass is 10.0. The van der Waals surface area contributed by atoms with Crippen molar-refractivity contribution in [2.24, 2.45) is 0 Å². The van der Waals surface area contributed by atoms with Gasteiger partial charge in [-0.2, -0.15) is 5.26 Å². The Hall–Kier alpha value is -2.55. The van der Waals surface area contributed by atoms with E-state index in [1.807, 2.05) is 0 Å². The van der Waals surface area contributed by atoms with E-state index in [4.69, 9.17) is 5.11 Å². The maximum absolute atomic E-state index is 11.0. The molecule has 110 valence electrons. The predicted molar refractivity (Wildman–Crippen MR) is 77.2 cm³/mol. The van der Waals surface area contributed by atoms with Crippen LogP contribution in [-0.4, -0.2) is 36.1 Å². The summed E-state index contributed by atoms with van der Waals surface area (Å²) in [7, 11) is 0. The molecule has 1 amide bonds. The molecule has 0 bridgehead atoms. The Morgan fingerprint density at radius 3 is 2.57 bits per heavy atom. The van der Waals surface area contributed by atoms with Gasteiger partial charge in [0.05, 0.1) is 16.8 Å². The Labute approximate surface area is 123 Å². The maximum atomic E-state index is 11.0. The van der Waals surface area contributed by atoms with Gasteiger partial charge in [-0.25, -0.2) is 4.79 Å². The minimum atomic E-state index is -1.04. The van der Waals surface area contributed by atoms with Gasteiger partial charge in [0.15, 0.2) is 0 Å². The van der Waals surface area contributed by atoms with E-state index in [-0.39, 0.29) is 17.5 Å². The summed E-state index contributed by atoms with van der Waals surface area (Å²) in [6, 6.07) is 6.82. The first-order valence-corrected chi connectivity index (χ1v) is 6.80. The lowest BCUT2D eigenvalue weighted by molar-refractivity contribution is -0.119. The average molecular weight is 287 g/mol. The highest BCUT2D eigenvalue weighted by atomic mass is 16.4. The Balaban J connectivity index is 2.12. The monoisotopic (exact) mass is 287 g/mol. The van der Waals surface area contributed by atoms with Crippen LogP contribution in [0.25, 0.3) is 0 Å². The number of rotatable bonds is 3. The van der Waals surface area contributed by atoms with E-state index < -0.39 is 5.97 Å². The Morgan fingerprint density at radius 1 is 1.38 bits per heavy atom. The van der Waals surface area contributed by atoms with Crippen LogP contribution in [0.3, 0.4) is 0 Å². The molecule has 1 heterocycles. The molecular weight excluding hydrogens is 270 g/mol. The summed E-state index contributed by atoms with van der Waals surface area (Å²) >= 11 is 0. The Kier molecular flexibility index (Phi) is 4.43. The summed E-state index contributed by atoms with van der Waals surface area (Å²) in [5, 5.41) is 21.1. The van der Waals surface area contributed by atoms with Gasteiger partial charge in [-0.15, -0.1) is 0 Å². The molecule has 0 saturated carbocycles. The largest absolute Gasteiger partial charge is 0.478 e. The van der Waals surface area contributed by atoms with E-state index in [1.54, 1.807) is 6.07 Å². The normalized spacial score (nSPS) is 15.3. The van der Waals surface area contributed by atoms with Gasteiger partial charge in [0.25, 0.3) is 0 Å². The smallest absolute Gasteiger partial charge is 0.335 e. The number of nitrogens with zero attached hydrogens (tertiary/aromatic N) is 2. The number of nitriles is 1. The fourth-order valence-corrected chi connectivity index (χ4v) is 2.59. The molecule has 1 aliphatic rings. The van der Waals surface area contributed by atoms with E-state index in [0.717, 1.165) is 31.6 Å². The van der Waals surface area contributed by atoms with Gasteiger partial charge in [-0.05, 0) is 31.0 Å². The standard InChI is InChI=1S/C15H17N3O3/c1-10(19)17-13-4-6-18(7-5-13)14-3-2-11(15(20)21)8-12(14)9-16/h2-3,8,13H,4-7H2,1H3,(H,17,19)(H,20,21). The molecule has 6 nitrogen and oxygen atoms in total. The van der Waals surface area contributed by atoms with Gasteiger partial charge in [-0.1, -0.05) is 0 Å². The number of carbonyl (C=O) groups is 2. The van der Waals surface area contributed by atoms with Crippen molar-refractivity contribution < 1.29 is 14.7 Å². The number of nitrogens with one attached hydrogen (secondary N) is 1. The second kappa shape index (κ2) is 6.27. The highest BCUT2D eigenvalue weighted by Gasteiger charge is 2.22. The summed E-state index contributed by atoms with van der Waals surface area (Å²) in [6.07, 6.45) is 1.62. The molecule has 1 aliphatic heterocycles. The first kappa shape index (κ1) is 14.9. The fourth-order valence-electron chi connectivity index (χ4n) is 2.59. The SMILES string of the molecule is CC(=O)NC1CCN(c2ccc(C(=O)O)cc2C#N)CC1. The van der Waals surface area contributed by atoms with Gasteiger partial charge in [0, 0.05) is 26.1 Å². The number of hydrogen-bond acceptors (Lipinski definition) is 4. The van der Waals surface area contributed by atoms with Crippen molar-refractivity contribution in [2.45, 2.75) is 25.8 Å². The maximum Gasteiger partial charge on any atom is 0.335 e. The number of carbonyl (C=O) groups excluding carboxylic acids is 1. The quantitative estimate of drug-likeness (QED) is 0.875. The van der Waals surface area contributed by atoms with Crippen LogP contribution in [0, 0.1) is 11.3 Å². The van der Waals surface area contributed by atoms with Crippen LogP contribution in [0.4, 0.5) is 5.69 Å². The second-order valence-electron chi connectivity index (χ2n) is 5.11. The summed E-state index contributed by atoms with van der Waals surface area (Å²) in [5.41, 5.74) is 1.24. The molecule has 0 atom stereocenters. The van der Waals surface area contributed by atoms with E-state index in [0.29, 0.717) is 5.56 Å². The Bertz CT molecular complexity index is 599. The van der Waals surface area contributed by atoms with Crippen LogP contribution < -0.4 is 10.2 Å². The van der Waals surface area contributed by atoms with Crippen LogP contribution >= 0.6 is 0 Å². The van der Waals surface area contributed by atoms with Crippen molar-refractivity contribution >= 4 is 17.6 Å². The second-order valence-corrected chi connectivity index (χ2v) is 5.11. The van der Waals surface area contributed by atoms with Crippen molar-refractivity contribution in [3.05, 3.63) is 29.3 Å². The molecule has 2 rings (SSSR count). The highest BCUT2D eigenvalue weighted by Crippen LogP contribution is 2.25. The van der Waals surface area contributed by atoms with Crippen LogP contribution in [0.2, 0.25) is 0 Å². The number of amides is 1. The van der Waals surface area contributed by atoms with E-state index in [9.17, 15) is 14.9 Å². The lowest BCUT2D eigenvalue weighted by Gasteiger charge is -2.34. The topological polar surface area (TPSA) is 93.4 Å². The number of piperidine rings is 1. The first-order valence-electron chi connectivity index (χ1n) is 6.80.